The van der Waals surface area contributed by atoms with E-state index in [0.717, 1.165) is 11.8 Å². The average Bonchev–Trinajstić information content (AvgIpc) is 2.99. The standard InChI is InChI=1S/C17H17NO5S/c1-11-3-5-13(24(2,20)21)8-14(11)17(19)18-9-12-4-6-15-16(7-12)23-10-22-15/h3-8H,9-10H2,1-2H3,(H,18,19). The molecule has 1 N–H and O–H groups in total. The number of nitrogens with one attached hydrogen (secondary N) is 1. The summed E-state index contributed by atoms with van der Waals surface area (Å²) < 4.78 is 33.8. The van der Waals surface area contributed by atoms with Gasteiger partial charge in [0.2, 0.25) is 6.79 Å². The van der Waals surface area contributed by atoms with Crippen LogP contribution in [0.5, 0.6) is 11.5 Å². The number of rotatable bonds is 4. The van der Waals surface area contributed by atoms with E-state index < -0.39 is 9.84 Å². The topological polar surface area (TPSA) is 81.7 Å². The Bertz CT molecular complexity index is 905. The first-order valence-corrected chi connectivity index (χ1v) is 9.21. The molecule has 0 saturated carbocycles. The van der Waals surface area contributed by atoms with Crippen LogP contribution in [-0.4, -0.2) is 27.4 Å². The first-order chi connectivity index (χ1) is 11.3. The molecule has 0 saturated heterocycles. The lowest BCUT2D eigenvalue weighted by Crippen LogP contribution is -2.24. The highest BCUT2D eigenvalue weighted by molar-refractivity contribution is 7.90. The van der Waals surface area contributed by atoms with Gasteiger partial charge in [-0.2, -0.15) is 0 Å². The van der Waals surface area contributed by atoms with Gasteiger partial charge in [0.15, 0.2) is 21.3 Å². The highest BCUT2D eigenvalue weighted by Gasteiger charge is 2.16. The maximum atomic E-state index is 12.4. The van der Waals surface area contributed by atoms with E-state index in [9.17, 15) is 13.2 Å². The van der Waals surface area contributed by atoms with Gasteiger partial charge < -0.3 is 14.8 Å². The monoisotopic (exact) mass is 347 g/mol. The zero-order chi connectivity index (χ0) is 17.3. The molecule has 0 radical (unpaired) electrons. The summed E-state index contributed by atoms with van der Waals surface area (Å²) in [5.74, 6) is 1.01. The van der Waals surface area contributed by atoms with Gasteiger partial charge in [-0.1, -0.05) is 12.1 Å². The Morgan fingerprint density at radius 3 is 2.62 bits per heavy atom. The third-order valence-electron chi connectivity index (χ3n) is 3.77. The summed E-state index contributed by atoms with van der Waals surface area (Å²) in [6, 6.07) is 9.97. The Kier molecular flexibility index (Phi) is 4.19. The molecule has 6 nitrogen and oxygen atoms in total. The summed E-state index contributed by atoms with van der Waals surface area (Å²) in [5.41, 5.74) is 1.92. The van der Waals surface area contributed by atoms with Crippen LogP contribution in [0.15, 0.2) is 41.3 Å². The molecular formula is C17H17NO5S. The first-order valence-electron chi connectivity index (χ1n) is 7.32. The minimum atomic E-state index is -3.36. The van der Waals surface area contributed by atoms with Crippen LogP contribution in [0.25, 0.3) is 0 Å². The average molecular weight is 347 g/mol. The van der Waals surface area contributed by atoms with Crippen LogP contribution in [0.3, 0.4) is 0 Å². The van der Waals surface area contributed by atoms with E-state index in [4.69, 9.17) is 9.47 Å². The molecule has 7 heteroatoms. The summed E-state index contributed by atoms with van der Waals surface area (Å²) in [6.07, 6.45) is 1.12. The van der Waals surface area contributed by atoms with Crippen molar-refractivity contribution in [1.82, 2.24) is 5.32 Å². The molecule has 1 heterocycles. The quantitative estimate of drug-likeness (QED) is 0.915. The fourth-order valence-corrected chi connectivity index (χ4v) is 3.05. The van der Waals surface area contributed by atoms with E-state index in [1.54, 1.807) is 19.1 Å². The fraction of sp³-hybridized carbons (Fsp3) is 0.235. The number of aryl methyl sites for hydroxylation is 1. The number of amides is 1. The molecule has 0 spiro atoms. The van der Waals surface area contributed by atoms with Gasteiger partial charge >= 0.3 is 0 Å². The molecule has 0 atom stereocenters. The highest BCUT2D eigenvalue weighted by Crippen LogP contribution is 2.32. The number of hydrogen-bond acceptors (Lipinski definition) is 5. The number of ether oxygens (including phenoxy) is 2. The molecule has 0 aromatic heterocycles. The van der Waals surface area contributed by atoms with E-state index >= 15 is 0 Å². The lowest BCUT2D eigenvalue weighted by Gasteiger charge is -2.10. The summed E-state index contributed by atoms with van der Waals surface area (Å²) in [6.45, 7) is 2.27. The summed E-state index contributed by atoms with van der Waals surface area (Å²) in [4.78, 5) is 12.5. The van der Waals surface area contributed by atoms with Gasteiger partial charge in [-0.05, 0) is 42.3 Å². The molecule has 1 amide bonds. The second-order valence-electron chi connectivity index (χ2n) is 5.62. The van der Waals surface area contributed by atoms with Gasteiger partial charge in [0.1, 0.15) is 0 Å². The summed E-state index contributed by atoms with van der Waals surface area (Å²) >= 11 is 0. The number of fused-ring (bicyclic) bond motifs is 1. The molecule has 0 unspecified atom stereocenters. The van der Waals surface area contributed by atoms with E-state index in [0.29, 0.717) is 29.2 Å². The number of hydrogen-bond donors (Lipinski definition) is 1. The summed E-state index contributed by atoms with van der Waals surface area (Å²) in [7, 11) is -3.36. The van der Waals surface area contributed by atoms with Crippen molar-refractivity contribution in [3.05, 3.63) is 53.1 Å². The van der Waals surface area contributed by atoms with Gasteiger partial charge in [0.05, 0.1) is 4.90 Å². The molecule has 1 aliphatic heterocycles. The zero-order valence-corrected chi connectivity index (χ0v) is 14.1. The van der Waals surface area contributed by atoms with Crippen molar-refractivity contribution >= 4 is 15.7 Å². The third-order valence-corrected chi connectivity index (χ3v) is 4.88. The third kappa shape index (κ3) is 3.35. The Morgan fingerprint density at radius 1 is 1.12 bits per heavy atom. The van der Waals surface area contributed by atoms with Crippen molar-refractivity contribution < 1.29 is 22.7 Å². The molecule has 0 bridgehead atoms. The van der Waals surface area contributed by atoms with Crippen LogP contribution in [0, 0.1) is 6.92 Å². The maximum absolute atomic E-state index is 12.4. The van der Waals surface area contributed by atoms with Gasteiger partial charge in [0, 0.05) is 18.4 Å². The van der Waals surface area contributed by atoms with Crippen LogP contribution < -0.4 is 14.8 Å². The Morgan fingerprint density at radius 2 is 1.88 bits per heavy atom. The minimum Gasteiger partial charge on any atom is -0.454 e. The Labute approximate surface area is 140 Å². The van der Waals surface area contributed by atoms with Crippen molar-refractivity contribution in [3.63, 3.8) is 0 Å². The van der Waals surface area contributed by atoms with Crippen LogP contribution in [-0.2, 0) is 16.4 Å². The maximum Gasteiger partial charge on any atom is 0.251 e. The predicted molar refractivity (Wildman–Crippen MR) is 88.0 cm³/mol. The van der Waals surface area contributed by atoms with E-state index in [-0.39, 0.29) is 17.6 Å². The van der Waals surface area contributed by atoms with Crippen LogP contribution >= 0.6 is 0 Å². The largest absolute Gasteiger partial charge is 0.454 e. The minimum absolute atomic E-state index is 0.126. The second-order valence-corrected chi connectivity index (χ2v) is 7.63. The normalized spacial score (nSPS) is 12.9. The van der Waals surface area contributed by atoms with Crippen molar-refractivity contribution in [1.29, 1.82) is 0 Å². The van der Waals surface area contributed by atoms with Gasteiger partial charge in [0.25, 0.3) is 5.91 Å². The van der Waals surface area contributed by atoms with Crippen LogP contribution in [0.4, 0.5) is 0 Å². The Hall–Kier alpha value is -2.54. The number of benzene rings is 2. The summed E-state index contributed by atoms with van der Waals surface area (Å²) in [5, 5.41) is 2.80. The van der Waals surface area contributed by atoms with E-state index in [2.05, 4.69) is 5.32 Å². The molecule has 126 valence electrons. The zero-order valence-electron chi connectivity index (χ0n) is 13.3. The number of sulfone groups is 1. The van der Waals surface area contributed by atoms with Gasteiger partial charge in [-0.3, -0.25) is 4.79 Å². The fourth-order valence-electron chi connectivity index (χ4n) is 2.40. The van der Waals surface area contributed by atoms with Crippen molar-refractivity contribution in [2.24, 2.45) is 0 Å². The lowest BCUT2D eigenvalue weighted by atomic mass is 10.1. The molecule has 0 fully saturated rings. The molecule has 1 aliphatic rings. The molecule has 2 aromatic carbocycles. The number of carbonyl (C=O) groups excluding carboxylic acids is 1. The highest BCUT2D eigenvalue weighted by atomic mass is 32.2. The van der Waals surface area contributed by atoms with Crippen molar-refractivity contribution in [3.8, 4) is 11.5 Å². The molecule has 24 heavy (non-hydrogen) atoms. The molecule has 0 aliphatic carbocycles. The Balaban J connectivity index is 1.75. The van der Waals surface area contributed by atoms with E-state index in [1.165, 1.54) is 12.1 Å². The van der Waals surface area contributed by atoms with Gasteiger partial charge in [-0.25, -0.2) is 8.42 Å². The van der Waals surface area contributed by atoms with Crippen LogP contribution in [0.1, 0.15) is 21.5 Å². The second kappa shape index (κ2) is 6.16. The predicted octanol–water partition coefficient (Wildman–Crippen LogP) is 2.06. The van der Waals surface area contributed by atoms with Crippen LogP contribution in [0.2, 0.25) is 0 Å². The SMILES string of the molecule is Cc1ccc(S(C)(=O)=O)cc1C(=O)NCc1ccc2c(c1)OCO2. The molecule has 2 aromatic rings. The molecular weight excluding hydrogens is 330 g/mol. The molecule has 3 rings (SSSR count). The number of carbonyl (C=O) groups is 1. The first kappa shape index (κ1) is 16.3. The van der Waals surface area contributed by atoms with Crippen molar-refractivity contribution in [2.45, 2.75) is 18.4 Å². The smallest absolute Gasteiger partial charge is 0.251 e. The van der Waals surface area contributed by atoms with Crippen molar-refractivity contribution in [2.75, 3.05) is 13.0 Å². The van der Waals surface area contributed by atoms with E-state index in [1.807, 2.05) is 12.1 Å². The van der Waals surface area contributed by atoms with Gasteiger partial charge in [-0.15, -0.1) is 0 Å². The lowest BCUT2D eigenvalue weighted by molar-refractivity contribution is 0.0950.